The topological polar surface area (TPSA) is 114 Å². The fourth-order valence-corrected chi connectivity index (χ4v) is 5.11. The van der Waals surface area contributed by atoms with Gasteiger partial charge in [0, 0.05) is 13.5 Å². The molecule has 0 aromatic heterocycles. The molecule has 0 bridgehead atoms. The highest BCUT2D eigenvalue weighted by Crippen LogP contribution is 2.26. The van der Waals surface area contributed by atoms with E-state index >= 15 is 0 Å². The molecule has 0 radical (unpaired) electrons. The number of amides is 3. The largest absolute Gasteiger partial charge is 0.458 e. The van der Waals surface area contributed by atoms with Crippen molar-refractivity contribution in [2.24, 2.45) is 0 Å². The Bertz CT molecular complexity index is 1290. The minimum atomic E-state index is -1.10. The van der Waals surface area contributed by atoms with Gasteiger partial charge in [-0.1, -0.05) is 54.1 Å². The molecule has 3 unspecified atom stereocenters. The third kappa shape index (κ3) is 11.9. The number of ether oxygens (including phenoxy) is 2. The van der Waals surface area contributed by atoms with Crippen molar-refractivity contribution in [3.63, 3.8) is 0 Å². The van der Waals surface area contributed by atoms with E-state index in [0.717, 1.165) is 16.7 Å². The normalized spacial score (nSPS) is 13.7. The molecule has 0 saturated carbocycles. The summed E-state index contributed by atoms with van der Waals surface area (Å²) < 4.78 is 11.1. The molecule has 0 aliphatic rings. The van der Waals surface area contributed by atoms with Gasteiger partial charge in [0.15, 0.2) is 0 Å². The molecule has 0 spiro atoms. The van der Waals surface area contributed by atoms with Crippen LogP contribution in [0.15, 0.2) is 48.5 Å². The van der Waals surface area contributed by atoms with E-state index < -0.39 is 53.2 Å². The number of carbonyl (C=O) groups excluding carboxylic acids is 4. The molecule has 10 heteroatoms. The zero-order valence-corrected chi connectivity index (χ0v) is 28.6. The molecule has 44 heavy (non-hydrogen) atoms. The van der Waals surface area contributed by atoms with E-state index in [1.54, 1.807) is 41.5 Å². The monoisotopic (exact) mass is 627 g/mol. The molecule has 3 amide bonds. The van der Waals surface area contributed by atoms with Crippen molar-refractivity contribution in [1.29, 1.82) is 0 Å². The Hall–Kier alpha value is -3.53. The number of rotatable bonds is 12. The van der Waals surface area contributed by atoms with Crippen LogP contribution in [-0.4, -0.2) is 71.1 Å². The summed E-state index contributed by atoms with van der Waals surface area (Å²) in [5, 5.41) is 5.60. The Kier molecular flexibility index (Phi) is 13.3. The number of alkyl carbamates (subject to hydrolysis) is 1. The van der Waals surface area contributed by atoms with Gasteiger partial charge in [0.05, 0.1) is 0 Å². The molecule has 0 aliphatic heterocycles. The van der Waals surface area contributed by atoms with Gasteiger partial charge in [0.2, 0.25) is 11.8 Å². The fourth-order valence-electron chi connectivity index (χ4n) is 4.64. The van der Waals surface area contributed by atoms with Gasteiger partial charge in [0.25, 0.3) is 0 Å². The number of benzene rings is 2. The lowest BCUT2D eigenvalue weighted by molar-refractivity contribution is -0.159. The molecule has 2 aromatic rings. The fraction of sp³-hybridized carbons (Fsp3) is 0.529. The number of nitrogens with one attached hydrogen (secondary N) is 2. The quantitative estimate of drug-likeness (QED) is 0.298. The predicted molar refractivity (Wildman–Crippen MR) is 176 cm³/mol. The number of hydrogen-bond donors (Lipinski definition) is 2. The molecule has 242 valence electrons. The van der Waals surface area contributed by atoms with Crippen LogP contribution < -0.4 is 10.6 Å². The standard InChI is InChI=1S/C34H49N3O6S/c1-22-16-17-25(23(2)20-22)28(37(9)30(39)26(18-19-44-10)36-32(41)43-34(6,7)8)29(38)35-27(31(40)42-33(3,4)5)21-24-14-12-11-13-15-24/h11-17,20,26-28H,18-19,21H2,1-10H3,(H,35,38)(H,36,41). The van der Waals surface area contributed by atoms with E-state index in [1.165, 1.54) is 23.7 Å². The average molecular weight is 628 g/mol. The molecule has 0 heterocycles. The second-order valence-corrected chi connectivity index (χ2v) is 14.0. The van der Waals surface area contributed by atoms with E-state index in [9.17, 15) is 19.2 Å². The Morgan fingerprint density at radius 1 is 0.864 bits per heavy atom. The maximum absolute atomic E-state index is 14.2. The highest BCUT2D eigenvalue weighted by Gasteiger charge is 2.37. The number of esters is 1. The van der Waals surface area contributed by atoms with E-state index in [2.05, 4.69) is 10.6 Å². The van der Waals surface area contributed by atoms with Crippen LogP contribution >= 0.6 is 11.8 Å². The van der Waals surface area contributed by atoms with E-state index in [-0.39, 0.29) is 6.42 Å². The summed E-state index contributed by atoms with van der Waals surface area (Å²) in [6.45, 7) is 14.4. The third-order valence-electron chi connectivity index (χ3n) is 6.59. The van der Waals surface area contributed by atoms with Crippen LogP contribution in [0.25, 0.3) is 0 Å². The summed E-state index contributed by atoms with van der Waals surface area (Å²) in [5.41, 5.74) is 1.73. The van der Waals surface area contributed by atoms with Crippen molar-refractivity contribution in [3.05, 3.63) is 70.8 Å². The number of thioether (sulfide) groups is 1. The molecular weight excluding hydrogens is 578 g/mol. The Labute approximate surface area is 266 Å². The lowest BCUT2D eigenvalue weighted by atomic mass is 9.96. The summed E-state index contributed by atoms with van der Waals surface area (Å²) in [6, 6.07) is 11.9. The van der Waals surface area contributed by atoms with Crippen LogP contribution in [0, 0.1) is 13.8 Å². The van der Waals surface area contributed by atoms with Crippen molar-refractivity contribution in [2.45, 2.75) is 97.6 Å². The van der Waals surface area contributed by atoms with Gasteiger partial charge in [-0.2, -0.15) is 11.8 Å². The Balaban J connectivity index is 2.50. The maximum Gasteiger partial charge on any atom is 0.408 e. The number of aryl methyl sites for hydroxylation is 2. The van der Waals surface area contributed by atoms with Crippen molar-refractivity contribution < 1.29 is 28.7 Å². The smallest absolute Gasteiger partial charge is 0.408 e. The van der Waals surface area contributed by atoms with E-state index in [1.807, 2.05) is 68.6 Å². The Morgan fingerprint density at radius 3 is 2.02 bits per heavy atom. The molecule has 0 aliphatic carbocycles. The first-order chi connectivity index (χ1) is 20.4. The van der Waals surface area contributed by atoms with Gasteiger partial charge in [-0.25, -0.2) is 9.59 Å². The zero-order valence-electron chi connectivity index (χ0n) is 27.8. The summed E-state index contributed by atoms with van der Waals surface area (Å²) in [4.78, 5) is 55.6. The van der Waals surface area contributed by atoms with Gasteiger partial charge in [-0.3, -0.25) is 9.59 Å². The summed E-state index contributed by atoms with van der Waals surface area (Å²) in [6.07, 6.45) is 1.73. The molecule has 0 saturated heterocycles. The van der Waals surface area contributed by atoms with Crippen LogP contribution in [0.3, 0.4) is 0 Å². The lowest BCUT2D eigenvalue weighted by Gasteiger charge is -2.33. The van der Waals surface area contributed by atoms with Gasteiger partial charge in [-0.15, -0.1) is 0 Å². The molecule has 0 fully saturated rings. The molecular formula is C34H49N3O6S. The highest BCUT2D eigenvalue weighted by molar-refractivity contribution is 7.98. The summed E-state index contributed by atoms with van der Waals surface area (Å²) in [5.74, 6) is -0.979. The highest BCUT2D eigenvalue weighted by atomic mass is 32.2. The first kappa shape index (κ1) is 36.7. The molecule has 9 nitrogen and oxygen atoms in total. The first-order valence-electron chi connectivity index (χ1n) is 14.8. The van der Waals surface area contributed by atoms with Crippen molar-refractivity contribution in [2.75, 3.05) is 19.1 Å². The van der Waals surface area contributed by atoms with Gasteiger partial charge in [0.1, 0.15) is 29.3 Å². The van der Waals surface area contributed by atoms with Crippen molar-refractivity contribution in [3.8, 4) is 0 Å². The molecule has 2 aromatic carbocycles. The van der Waals surface area contributed by atoms with Crippen LogP contribution in [0.4, 0.5) is 4.79 Å². The number of likely N-dealkylation sites (N-methyl/N-ethyl adjacent to an activating group) is 1. The summed E-state index contributed by atoms with van der Waals surface area (Å²) in [7, 11) is 1.54. The predicted octanol–water partition coefficient (Wildman–Crippen LogP) is 5.52. The minimum absolute atomic E-state index is 0.204. The Morgan fingerprint density at radius 2 is 1.48 bits per heavy atom. The van der Waals surface area contributed by atoms with Gasteiger partial charge in [-0.05, 0) is 90.5 Å². The third-order valence-corrected chi connectivity index (χ3v) is 7.24. The minimum Gasteiger partial charge on any atom is -0.458 e. The van der Waals surface area contributed by atoms with Crippen LogP contribution in [0.5, 0.6) is 0 Å². The van der Waals surface area contributed by atoms with Crippen LogP contribution in [0.2, 0.25) is 0 Å². The molecule has 2 rings (SSSR count). The summed E-state index contributed by atoms with van der Waals surface area (Å²) >= 11 is 1.54. The SMILES string of the molecule is CSCCC(NC(=O)OC(C)(C)C)C(=O)N(C)C(C(=O)NC(Cc1ccccc1)C(=O)OC(C)(C)C)c1ccc(C)cc1C. The van der Waals surface area contributed by atoms with Crippen LogP contribution in [0.1, 0.15) is 76.3 Å². The number of nitrogens with zero attached hydrogens (tertiary/aromatic N) is 1. The maximum atomic E-state index is 14.2. The van der Waals surface area contributed by atoms with Crippen molar-refractivity contribution >= 4 is 35.6 Å². The number of carbonyl (C=O) groups is 4. The number of hydrogen-bond acceptors (Lipinski definition) is 7. The second-order valence-electron chi connectivity index (χ2n) is 13.0. The van der Waals surface area contributed by atoms with E-state index in [0.29, 0.717) is 17.7 Å². The first-order valence-corrected chi connectivity index (χ1v) is 16.2. The van der Waals surface area contributed by atoms with Gasteiger partial charge >= 0.3 is 12.1 Å². The molecule has 2 N–H and O–H groups in total. The lowest BCUT2D eigenvalue weighted by Crippen LogP contribution is -2.54. The van der Waals surface area contributed by atoms with Crippen LogP contribution in [-0.2, 0) is 30.3 Å². The average Bonchev–Trinajstić information content (AvgIpc) is 2.90. The molecule has 3 atom stereocenters. The second kappa shape index (κ2) is 16.0. The zero-order chi connectivity index (χ0) is 33.2. The van der Waals surface area contributed by atoms with Gasteiger partial charge < -0.3 is 25.0 Å². The van der Waals surface area contributed by atoms with Crippen molar-refractivity contribution in [1.82, 2.24) is 15.5 Å². The van der Waals surface area contributed by atoms with E-state index in [4.69, 9.17) is 9.47 Å².